The molecule has 0 amide bonds. The maximum absolute atomic E-state index is 12.7. The number of hydrogen-bond acceptors (Lipinski definition) is 2. The van der Waals surface area contributed by atoms with E-state index in [9.17, 15) is 13.2 Å². The molecule has 3 N–H and O–H groups in total. The van der Waals surface area contributed by atoms with Crippen LogP contribution in [0.2, 0.25) is 0 Å². The van der Waals surface area contributed by atoms with Gasteiger partial charge in [-0.05, 0) is 42.0 Å². The molecule has 3 aromatic rings. The zero-order valence-corrected chi connectivity index (χ0v) is 10.9. The first kappa shape index (κ1) is 13.6. The molecular weight excluding hydrogens is 279 g/mol. The molecule has 1 aromatic carbocycles. The minimum Gasteiger partial charge on any atom is -0.353 e. The largest absolute Gasteiger partial charge is 0.416 e. The maximum atomic E-state index is 12.7. The highest BCUT2D eigenvalue weighted by molar-refractivity contribution is 5.86. The SMILES string of the molecule is NCc1ccnc(-c2cc3cc(C(F)(F)F)ccc3[nH]2)c1. The number of alkyl halides is 3. The van der Waals surface area contributed by atoms with Gasteiger partial charge in [0, 0.05) is 23.6 Å². The number of fused-ring (bicyclic) bond motifs is 1. The lowest BCUT2D eigenvalue weighted by Crippen LogP contribution is -2.03. The van der Waals surface area contributed by atoms with Crippen molar-refractivity contribution in [2.75, 3.05) is 0 Å². The average Bonchev–Trinajstić information content (AvgIpc) is 2.89. The second-order valence-electron chi connectivity index (χ2n) is 4.74. The molecule has 2 heterocycles. The lowest BCUT2D eigenvalue weighted by molar-refractivity contribution is -0.137. The Bertz CT molecular complexity index is 790. The van der Waals surface area contributed by atoms with Gasteiger partial charge in [0.25, 0.3) is 0 Å². The Morgan fingerprint density at radius 2 is 1.90 bits per heavy atom. The van der Waals surface area contributed by atoms with Gasteiger partial charge in [-0.3, -0.25) is 4.98 Å². The Hall–Kier alpha value is -2.34. The van der Waals surface area contributed by atoms with Gasteiger partial charge in [0.1, 0.15) is 0 Å². The van der Waals surface area contributed by atoms with E-state index < -0.39 is 11.7 Å². The fourth-order valence-electron chi connectivity index (χ4n) is 2.20. The summed E-state index contributed by atoms with van der Waals surface area (Å²) in [6.45, 7) is 0.383. The molecule has 0 spiro atoms. The van der Waals surface area contributed by atoms with Crippen molar-refractivity contribution in [2.24, 2.45) is 5.73 Å². The third-order valence-corrected chi connectivity index (χ3v) is 3.28. The molecule has 21 heavy (non-hydrogen) atoms. The summed E-state index contributed by atoms with van der Waals surface area (Å²) in [6, 6.07) is 8.89. The van der Waals surface area contributed by atoms with Crippen LogP contribution < -0.4 is 5.73 Å². The van der Waals surface area contributed by atoms with Crippen molar-refractivity contribution in [3.05, 3.63) is 53.7 Å². The smallest absolute Gasteiger partial charge is 0.353 e. The number of pyridine rings is 1. The maximum Gasteiger partial charge on any atom is 0.416 e. The Kier molecular flexibility index (Phi) is 3.17. The molecule has 3 rings (SSSR count). The van der Waals surface area contributed by atoms with Crippen molar-refractivity contribution in [1.82, 2.24) is 9.97 Å². The number of aromatic nitrogens is 2. The van der Waals surface area contributed by atoms with Crippen molar-refractivity contribution in [1.29, 1.82) is 0 Å². The van der Waals surface area contributed by atoms with E-state index in [1.54, 1.807) is 18.3 Å². The molecule has 0 aliphatic rings. The van der Waals surface area contributed by atoms with Crippen LogP contribution in [-0.4, -0.2) is 9.97 Å². The molecule has 0 aliphatic carbocycles. The minimum atomic E-state index is -4.34. The fourth-order valence-corrected chi connectivity index (χ4v) is 2.20. The standard InChI is InChI=1S/C15H12F3N3/c16-15(17,18)11-1-2-12-10(6-11)7-14(21-12)13-5-9(8-19)3-4-20-13/h1-7,21H,8,19H2. The number of nitrogens with zero attached hydrogens (tertiary/aromatic N) is 1. The van der Waals surface area contributed by atoms with Gasteiger partial charge >= 0.3 is 6.18 Å². The molecule has 0 radical (unpaired) electrons. The summed E-state index contributed by atoms with van der Waals surface area (Å²) in [4.78, 5) is 7.29. The first-order valence-electron chi connectivity index (χ1n) is 6.33. The molecule has 108 valence electrons. The summed E-state index contributed by atoms with van der Waals surface area (Å²) in [5.74, 6) is 0. The Morgan fingerprint density at radius 3 is 2.62 bits per heavy atom. The van der Waals surface area contributed by atoms with Crippen LogP contribution in [0.3, 0.4) is 0 Å². The summed E-state index contributed by atoms with van der Waals surface area (Å²) in [7, 11) is 0. The quantitative estimate of drug-likeness (QED) is 0.756. The molecule has 0 aliphatic heterocycles. The molecule has 0 saturated heterocycles. The van der Waals surface area contributed by atoms with Crippen LogP contribution >= 0.6 is 0 Å². The van der Waals surface area contributed by atoms with Crippen molar-refractivity contribution in [3.63, 3.8) is 0 Å². The summed E-state index contributed by atoms with van der Waals surface area (Å²) in [5, 5.41) is 0.500. The highest BCUT2D eigenvalue weighted by Crippen LogP contribution is 2.32. The van der Waals surface area contributed by atoms with Crippen LogP contribution in [0.1, 0.15) is 11.1 Å². The fraction of sp³-hybridized carbons (Fsp3) is 0.133. The van der Waals surface area contributed by atoms with E-state index in [0.717, 1.165) is 17.7 Å². The zero-order chi connectivity index (χ0) is 15.0. The van der Waals surface area contributed by atoms with Gasteiger partial charge in [-0.2, -0.15) is 13.2 Å². The molecular formula is C15H12F3N3. The van der Waals surface area contributed by atoms with Gasteiger partial charge in [0.2, 0.25) is 0 Å². The average molecular weight is 291 g/mol. The van der Waals surface area contributed by atoms with Crippen LogP contribution in [0.15, 0.2) is 42.6 Å². The number of aromatic amines is 1. The number of nitrogens with one attached hydrogen (secondary N) is 1. The zero-order valence-electron chi connectivity index (χ0n) is 10.9. The molecule has 0 bridgehead atoms. The highest BCUT2D eigenvalue weighted by atomic mass is 19.4. The monoisotopic (exact) mass is 291 g/mol. The molecule has 3 nitrogen and oxygen atoms in total. The summed E-state index contributed by atoms with van der Waals surface area (Å²) in [6.07, 6.45) is -2.71. The molecule has 6 heteroatoms. The van der Waals surface area contributed by atoms with Crippen LogP contribution in [0.4, 0.5) is 13.2 Å². The van der Waals surface area contributed by atoms with Gasteiger partial charge in [0.15, 0.2) is 0 Å². The van der Waals surface area contributed by atoms with Crippen LogP contribution in [0, 0.1) is 0 Å². The number of rotatable bonds is 2. The van der Waals surface area contributed by atoms with Gasteiger partial charge in [-0.15, -0.1) is 0 Å². The van der Waals surface area contributed by atoms with Gasteiger partial charge in [0.05, 0.1) is 17.0 Å². The third-order valence-electron chi connectivity index (χ3n) is 3.28. The summed E-state index contributed by atoms with van der Waals surface area (Å²) < 4.78 is 38.1. The van der Waals surface area contributed by atoms with Crippen LogP contribution in [0.25, 0.3) is 22.3 Å². The predicted molar refractivity (Wildman–Crippen MR) is 74.4 cm³/mol. The van der Waals surface area contributed by atoms with Crippen LogP contribution in [0.5, 0.6) is 0 Å². The minimum absolute atomic E-state index is 0.383. The number of nitrogens with two attached hydrogens (primary N) is 1. The van der Waals surface area contributed by atoms with Gasteiger partial charge < -0.3 is 10.7 Å². The molecule has 0 saturated carbocycles. The van der Waals surface area contributed by atoms with Crippen molar-refractivity contribution >= 4 is 10.9 Å². The van der Waals surface area contributed by atoms with E-state index in [-0.39, 0.29) is 0 Å². The van der Waals surface area contributed by atoms with E-state index in [2.05, 4.69) is 9.97 Å². The third kappa shape index (κ3) is 2.62. The Morgan fingerprint density at radius 1 is 1.10 bits per heavy atom. The first-order chi connectivity index (χ1) is 9.97. The van der Waals surface area contributed by atoms with Crippen molar-refractivity contribution in [2.45, 2.75) is 12.7 Å². The lowest BCUT2D eigenvalue weighted by atomic mass is 10.1. The van der Waals surface area contributed by atoms with E-state index in [1.807, 2.05) is 6.07 Å². The topological polar surface area (TPSA) is 54.7 Å². The molecule has 0 fully saturated rings. The van der Waals surface area contributed by atoms with E-state index >= 15 is 0 Å². The van der Waals surface area contributed by atoms with Crippen LogP contribution in [-0.2, 0) is 12.7 Å². The Labute approximate surface area is 118 Å². The number of halogens is 3. The summed E-state index contributed by atoms with van der Waals surface area (Å²) in [5.41, 5.74) is 7.78. The summed E-state index contributed by atoms with van der Waals surface area (Å²) >= 11 is 0. The molecule has 0 unspecified atom stereocenters. The van der Waals surface area contributed by atoms with E-state index in [4.69, 9.17) is 5.73 Å². The van der Waals surface area contributed by atoms with Crippen molar-refractivity contribution in [3.8, 4) is 11.4 Å². The number of benzene rings is 1. The first-order valence-corrected chi connectivity index (χ1v) is 6.33. The van der Waals surface area contributed by atoms with E-state index in [1.165, 1.54) is 6.07 Å². The highest BCUT2D eigenvalue weighted by Gasteiger charge is 2.30. The predicted octanol–water partition coefficient (Wildman–Crippen LogP) is 3.71. The van der Waals surface area contributed by atoms with Crippen molar-refractivity contribution < 1.29 is 13.2 Å². The Balaban J connectivity index is 2.08. The lowest BCUT2D eigenvalue weighted by Gasteiger charge is -2.05. The second-order valence-corrected chi connectivity index (χ2v) is 4.74. The molecule has 2 aromatic heterocycles. The number of H-pyrrole nitrogens is 1. The molecule has 0 atom stereocenters. The van der Waals surface area contributed by atoms with E-state index in [0.29, 0.717) is 28.8 Å². The number of hydrogen-bond donors (Lipinski definition) is 2. The van der Waals surface area contributed by atoms with Gasteiger partial charge in [-0.25, -0.2) is 0 Å². The normalized spacial score (nSPS) is 12.0. The van der Waals surface area contributed by atoms with Gasteiger partial charge in [-0.1, -0.05) is 0 Å². The second kappa shape index (κ2) is 4.89.